The lowest BCUT2D eigenvalue weighted by Gasteiger charge is -2.09. The number of azo groups is 1. The van der Waals surface area contributed by atoms with Crippen LogP contribution in [0.1, 0.15) is 12.5 Å². The summed E-state index contributed by atoms with van der Waals surface area (Å²) in [6, 6.07) is 16.7. The number of thiazole rings is 1. The monoisotopic (exact) mass is 505 g/mol. The van der Waals surface area contributed by atoms with E-state index in [0.29, 0.717) is 21.6 Å². The highest BCUT2D eigenvalue weighted by molar-refractivity contribution is 7.86. The average Bonchev–Trinajstić information content (AvgIpc) is 3.41. The van der Waals surface area contributed by atoms with E-state index in [2.05, 4.69) is 20.3 Å². The Bertz CT molecular complexity index is 1630. The van der Waals surface area contributed by atoms with Gasteiger partial charge in [-0.1, -0.05) is 60.2 Å². The van der Waals surface area contributed by atoms with Crippen molar-refractivity contribution in [2.45, 2.75) is 24.8 Å². The van der Waals surface area contributed by atoms with Crippen molar-refractivity contribution in [2.75, 3.05) is 5.01 Å². The molecular weight excluding hydrogens is 486 g/mol. The first-order valence-corrected chi connectivity index (χ1v) is 12.9. The third-order valence-corrected chi connectivity index (χ3v) is 7.28. The fourth-order valence-electron chi connectivity index (χ4n) is 3.75. The van der Waals surface area contributed by atoms with Crippen molar-refractivity contribution >= 4 is 54.7 Å². The Kier molecular flexibility index (Phi) is 5.75. The highest BCUT2D eigenvalue weighted by Crippen LogP contribution is 2.34. The van der Waals surface area contributed by atoms with Crippen molar-refractivity contribution in [2.24, 2.45) is 15.3 Å². The predicted octanol–water partition coefficient (Wildman–Crippen LogP) is 5.39. The summed E-state index contributed by atoms with van der Waals surface area (Å²) >= 11 is 1.28. The molecule has 0 aliphatic carbocycles. The van der Waals surface area contributed by atoms with E-state index in [1.54, 1.807) is 37.3 Å². The molecule has 11 heteroatoms. The quantitative estimate of drug-likeness (QED) is 0.287. The zero-order chi connectivity index (χ0) is 24.7. The average molecular weight is 506 g/mol. The molecule has 35 heavy (non-hydrogen) atoms. The molecule has 1 amide bonds. The van der Waals surface area contributed by atoms with Crippen molar-refractivity contribution in [1.29, 1.82) is 0 Å². The number of hydrogen-bond acceptors (Lipinski definition) is 8. The van der Waals surface area contributed by atoms with E-state index >= 15 is 0 Å². The maximum absolute atomic E-state index is 13.1. The van der Waals surface area contributed by atoms with Crippen LogP contribution in [0, 0.1) is 6.92 Å². The lowest BCUT2D eigenvalue weighted by Crippen LogP contribution is -2.29. The molecule has 1 atom stereocenters. The van der Waals surface area contributed by atoms with Gasteiger partial charge in [-0.3, -0.25) is 9.35 Å². The minimum Gasteiger partial charge on any atom is -0.282 e. The van der Waals surface area contributed by atoms with Crippen LogP contribution in [0.3, 0.4) is 0 Å². The van der Waals surface area contributed by atoms with E-state index in [9.17, 15) is 17.8 Å². The molecule has 1 N–H and O–H groups in total. The van der Waals surface area contributed by atoms with Gasteiger partial charge in [0, 0.05) is 16.3 Å². The molecule has 1 unspecified atom stereocenters. The topological polar surface area (TPSA) is 125 Å². The van der Waals surface area contributed by atoms with Crippen LogP contribution in [-0.4, -0.2) is 35.6 Å². The van der Waals surface area contributed by atoms with Gasteiger partial charge in [0.05, 0.1) is 11.4 Å². The zero-order valence-electron chi connectivity index (χ0n) is 18.7. The van der Waals surface area contributed by atoms with Crippen LogP contribution in [-0.2, 0) is 14.9 Å². The molecule has 0 saturated heterocycles. The molecule has 0 saturated carbocycles. The van der Waals surface area contributed by atoms with Crippen LogP contribution in [0.4, 0.5) is 10.8 Å². The van der Waals surface area contributed by atoms with Gasteiger partial charge in [-0.25, -0.2) is 4.98 Å². The molecule has 4 aromatic rings. The maximum atomic E-state index is 13.1. The summed E-state index contributed by atoms with van der Waals surface area (Å²) in [6.45, 7) is 3.64. The van der Waals surface area contributed by atoms with Gasteiger partial charge in [0.1, 0.15) is 10.6 Å². The van der Waals surface area contributed by atoms with Crippen molar-refractivity contribution in [1.82, 2.24) is 4.98 Å². The Hall–Kier alpha value is -3.80. The van der Waals surface area contributed by atoms with Crippen LogP contribution in [0.2, 0.25) is 0 Å². The van der Waals surface area contributed by atoms with E-state index in [1.807, 2.05) is 36.6 Å². The second kappa shape index (κ2) is 8.77. The summed E-state index contributed by atoms with van der Waals surface area (Å²) in [6.07, 6.45) is 0. The normalized spacial score (nSPS) is 16.4. The number of carbonyl (C=O) groups excluding carboxylic acids is 1. The number of fused-ring (bicyclic) bond motifs is 1. The Morgan fingerprint density at radius 2 is 1.77 bits per heavy atom. The molecule has 0 radical (unpaired) electrons. The van der Waals surface area contributed by atoms with Crippen LogP contribution in [0.25, 0.3) is 22.0 Å². The number of rotatable bonds is 5. The fraction of sp³-hybridized carbons (Fsp3) is 0.125. The molecule has 0 fully saturated rings. The summed E-state index contributed by atoms with van der Waals surface area (Å²) < 4.78 is 34.1. The van der Waals surface area contributed by atoms with Gasteiger partial charge in [-0.15, -0.1) is 11.3 Å². The van der Waals surface area contributed by atoms with E-state index in [1.165, 1.54) is 22.4 Å². The van der Waals surface area contributed by atoms with Crippen LogP contribution < -0.4 is 5.01 Å². The first-order chi connectivity index (χ1) is 16.7. The first kappa shape index (κ1) is 23.0. The molecule has 9 nitrogen and oxygen atoms in total. The highest BCUT2D eigenvalue weighted by atomic mass is 32.2. The van der Waals surface area contributed by atoms with Gasteiger partial charge in [0.15, 0.2) is 6.04 Å². The Morgan fingerprint density at radius 1 is 1.03 bits per heavy atom. The molecule has 5 rings (SSSR count). The lowest BCUT2D eigenvalue weighted by atomic mass is 10.1. The molecule has 3 aromatic carbocycles. The number of aromatic nitrogens is 1. The SMILES string of the molecule is CC1=NN(c2nc(-c3ccc(C)cc3)cs2)C(=O)C1N=Nc1ccc2ccccc2c1S(=O)(=O)O. The van der Waals surface area contributed by atoms with E-state index in [0.717, 1.165) is 16.8 Å². The number of benzene rings is 3. The molecule has 1 aliphatic rings. The Labute approximate surface area is 205 Å². The van der Waals surface area contributed by atoms with Crippen molar-refractivity contribution in [3.05, 3.63) is 71.6 Å². The number of amides is 1. The lowest BCUT2D eigenvalue weighted by molar-refractivity contribution is -0.117. The molecule has 1 aliphatic heterocycles. The highest BCUT2D eigenvalue weighted by Gasteiger charge is 2.36. The number of hydrazone groups is 1. The number of hydrogen-bond donors (Lipinski definition) is 1. The van der Waals surface area contributed by atoms with Crippen molar-refractivity contribution in [3.8, 4) is 11.3 Å². The largest absolute Gasteiger partial charge is 0.297 e. The number of anilines is 1. The third kappa shape index (κ3) is 4.36. The van der Waals surface area contributed by atoms with E-state index in [4.69, 9.17) is 0 Å². The Morgan fingerprint density at radius 3 is 2.51 bits per heavy atom. The minimum absolute atomic E-state index is 0.0684. The first-order valence-electron chi connectivity index (χ1n) is 10.5. The molecule has 0 spiro atoms. The van der Waals surface area contributed by atoms with Gasteiger partial charge in [0.25, 0.3) is 16.0 Å². The van der Waals surface area contributed by atoms with Gasteiger partial charge in [-0.05, 0) is 25.3 Å². The third-order valence-electron chi connectivity index (χ3n) is 5.51. The number of nitrogens with zero attached hydrogens (tertiary/aromatic N) is 5. The summed E-state index contributed by atoms with van der Waals surface area (Å²) in [4.78, 5) is 17.3. The molecule has 1 aromatic heterocycles. The van der Waals surface area contributed by atoms with Crippen LogP contribution >= 0.6 is 11.3 Å². The standard InChI is InChI=1S/C24H19N5O4S2/c1-14-7-9-17(10-8-14)20-13-34-24(25-20)29-23(30)21(15(2)28-29)27-26-19-12-11-16-5-3-4-6-18(16)22(19)35(31,32)33/h3-13,21H,1-2H3,(H,31,32,33). The summed E-state index contributed by atoms with van der Waals surface area (Å²) in [7, 11) is -4.60. The van der Waals surface area contributed by atoms with Crippen molar-refractivity contribution in [3.63, 3.8) is 0 Å². The Balaban J connectivity index is 1.44. The van der Waals surface area contributed by atoms with Gasteiger partial charge in [0.2, 0.25) is 5.13 Å². The second-order valence-corrected chi connectivity index (χ2v) is 10.2. The van der Waals surface area contributed by atoms with E-state index < -0.39 is 22.1 Å². The number of aryl methyl sites for hydroxylation is 1. The van der Waals surface area contributed by atoms with Gasteiger partial charge >= 0.3 is 0 Å². The minimum atomic E-state index is -4.60. The number of carbonyl (C=O) groups is 1. The summed E-state index contributed by atoms with van der Waals surface area (Å²) in [5, 5.41) is 16.8. The molecular formula is C24H19N5O4S2. The zero-order valence-corrected chi connectivity index (χ0v) is 20.3. The molecule has 0 bridgehead atoms. The summed E-state index contributed by atoms with van der Waals surface area (Å²) in [5.41, 5.74) is 3.11. The second-order valence-electron chi connectivity index (χ2n) is 8.00. The predicted molar refractivity (Wildman–Crippen MR) is 135 cm³/mol. The van der Waals surface area contributed by atoms with Crippen molar-refractivity contribution < 1.29 is 17.8 Å². The maximum Gasteiger partial charge on any atom is 0.297 e. The molecule has 176 valence electrons. The van der Waals surface area contributed by atoms with Gasteiger partial charge < -0.3 is 0 Å². The summed E-state index contributed by atoms with van der Waals surface area (Å²) in [5.74, 6) is -0.453. The van der Waals surface area contributed by atoms with Gasteiger partial charge in [-0.2, -0.15) is 28.8 Å². The fourth-order valence-corrected chi connectivity index (χ4v) is 5.37. The smallest absolute Gasteiger partial charge is 0.282 e. The van der Waals surface area contributed by atoms with Crippen LogP contribution in [0.5, 0.6) is 0 Å². The van der Waals surface area contributed by atoms with Crippen LogP contribution in [0.15, 0.2) is 86.3 Å². The molecule has 2 heterocycles. The van der Waals surface area contributed by atoms with E-state index in [-0.39, 0.29) is 10.6 Å².